The maximum absolute atomic E-state index is 10.5. The molecule has 11 heteroatoms. The zero-order chi connectivity index (χ0) is 23.2. The van der Waals surface area contributed by atoms with Crippen molar-refractivity contribution in [2.45, 2.75) is 32.5 Å². The second-order valence-electron chi connectivity index (χ2n) is 8.44. The van der Waals surface area contributed by atoms with Crippen LogP contribution in [0.2, 0.25) is 0 Å². The lowest BCUT2D eigenvalue weighted by atomic mass is 9.95. The first-order chi connectivity index (χ1) is 16.6. The fraction of sp³-hybridized carbons (Fsp3) is 0.333. The molecule has 1 N–H and O–H groups in total. The molecule has 0 aliphatic carbocycles. The number of aliphatic hydroxyl groups is 1. The van der Waals surface area contributed by atoms with Gasteiger partial charge in [0.2, 0.25) is 12.5 Å². The number of benzene rings is 2. The zero-order valence-corrected chi connectivity index (χ0v) is 20.9. The Hall–Kier alpha value is -3.44. The van der Waals surface area contributed by atoms with Gasteiger partial charge in [-0.05, 0) is 52.6 Å². The van der Waals surface area contributed by atoms with E-state index < -0.39 is 6.10 Å². The molecule has 6 rings (SSSR count). The molecule has 0 amide bonds. The Bertz CT molecular complexity index is 1410. The van der Waals surface area contributed by atoms with E-state index in [1.54, 1.807) is 18.7 Å². The average molecular weight is 542 g/mol. The molecule has 2 aliphatic rings. The van der Waals surface area contributed by atoms with Gasteiger partial charge in [0, 0.05) is 12.5 Å². The molecule has 2 aromatic heterocycles. The molecule has 4 aromatic rings. The lowest BCUT2D eigenvalue weighted by Gasteiger charge is -2.19. The number of aromatic nitrogens is 5. The Morgan fingerprint density at radius 3 is 2.80 bits per heavy atom. The van der Waals surface area contributed by atoms with E-state index in [-0.39, 0.29) is 36.9 Å². The standard InChI is InChI=1S/C24H24N5O5.BrH/c1-14-25-26-27-29(14)10-17(30)12-32-24-19-11-28-6-5-16-8-22-23(34-13-33-22)9-18(16)20(28)7-15(19)3-4-21(24)31-2;/h3-4,7-9,11,17,30H,5-6,10,12-13H2,1-2H3;1H/q+1;/p-1. The van der Waals surface area contributed by atoms with Crippen LogP contribution < -0.4 is 40.5 Å². The molecule has 0 spiro atoms. The van der Waals surface area contributed by atoms with E-state index in [2.05, 4.69) is 44.5 Å². The molecular weight excluding hydrogens is 518 g/mol. The van der Waals surface area contributed by atoms with Crippen LogP contribution in [0.5, 0.6) is 23.0 Å². The van der Waals surface area contributed by atoms with Crippen LogP contribution in [0.3, 0.4) is 0 Å². The summed E-state index contributed by atoms with van der Waals surface area (Å²) in [4.78, 5) is 0. The highest BCUT2D eigenvalue weighted by Crippen LogP contribution is 2.41. The minimum absolute atomic E-state index is 0. The Balaban J connectivity index is 0.00000253. The number of pyridine rings is 1. The van der Waals surface area contributed by atoms with Crippen molar-refractivity contribution in [1.29, 1.82) is 0 Å². The highest BCUT2D eigenvalue weighted by molar-refractivity contribution is 5.91. The maximum Gasteiger partial charge on any atom is 0.231 e. The first-order valence-corrected chi connectivity index (χ1v) is 11.1. The van der Waals surface area contributed by atoms with Crippen LogP contribution >= 0.6 is 0 Å². The van der Waals surface area contributed by atoms with Crippen LogP contribution in [0.1, 0.15) is 11.4 Å². The van der Waals surface area contributed by atoms with Crippen LogP contribution in [0, 0.1) is 6.92 Å². The highest BCUT2D eigenvalue weighted by atomic mass is 79.9. The molecule has 0 radical (unpaired) electrons. The molecule has 1 atom stereocenters. The van der Waals surface area contributed by atoms with Crippen LogP contribution in [-0.2, 0) is 19.5 Å². The van der Waals surface area contributed by atoms with Gasteiger partial charge in [-0.3, -0.25) is 0 Å². The summed E-state index contributed by atoms with van der Waals surface area (Å²) < 4.78 is 26.6. The maximum atomic E-state index is 10.5. The third-order valence-corrected chi connectivity index (χ3v) is 6.31. The number of aryl methyl sites for hydroxylation is 3. The zero-order valence-electron chi connectivity index (χ0n) is 19.3. The lowest BCUT2D eigenvalue weighted by Crippen LogP contribution is -3.00. The predicted octanol–water partition coefficient (Wildman–Crippen LogP) is -1.17. The van der Waals surface area contributed by atoms with E-state index in [1.807, 2.05) is 12.1 Å². The normalized spacial score (nSPS) is 14.1. The fourth-order valence-electron chi connectivity index (χ4n) is 4.56. The SMILES string of the molecule is COc1ccc2cc3[n+](cc2c1OCC(O)Cn1nnnc1C)CCc1cc2c(cc1-3)OCO2.[Br-]. The van der Waals surface area contributed by atoms with Crippen molar-refractivity contribution >= 4 is 10.8 Å². The minimum atomic E-state index is -0.788. The summed E-state index contributed by atoms with van der Waals surface area (Å²) in [6.07, 6.45) is 2.19. The average Bonchev–Trinajstić information content (AvgIpc) is 3.48. The monoisotopic (exact) mass is 541 g/mol. The van der Waals surface area contributed by atoms with Gasteiger partial charge in [0.05, 0.1) is 24.6 Å². The van der Waals surface area contributed by atoms with Crippen LogP contribution in [0.4, 0.5) is 0 Å². The number of ether oxygens (including phenoxy) is 4. The van der Waals surface area contributed by atoms with Gasteiger partial charge in [-0.25, -0.2) is 4.68 Å². The van der Waals surface area contributed by atoms with Crippen LogP contribution in [0.25, 0.3) is 22.0 Å². The Kier molecular flexibility index (Phi) is 6.20. The Labute approximate surface area is 211 Å². The van der Waals surface area contributed by atoms with Gasteiger partial charge in [-0.15, -0.1) is 5.10 Å². The van der Waals surface area contributed by atoms with Gasteiger partial charge >= 0.3 is 0 Å². The van der Waals surface area contributed by atoms with Crippen LogP contribution in [0.15, 0.2) is 36.5 Å². The second-order valence-corrected chi connectivity index (χ2v) is 8.44. The van der Waals surface area contributed by atoms with Gasteiger partial charge < -0.3 is 41.0 Å². The summed E-state index contributed by atoms with van der Waals surface area (Å²) in [6, 6.07) is 10.2. The molecule has 0 fully saturated rings. The fourth-order valence-corrected chi connectivity index (χ4v) is 4.56. The summed E-state index contributed by atoms with van der Waals surface area (Å²) in [7, 11) is 1.61. The summed E-state index contributed by atoms with van der Waals surface area (Å²) in [6.45, 7) is 3.18. The number of aliphatic hydroxyl groups excluding tert-OH is 1. The summed E-state index contributed by atoms with van der Waals surface area (Å²) >= 11 is 0. The van der Waals surface area contributed by atoms with Gasteiger partial charge in [0.15, 0.2) is 35.7 Å². The first kappa shape index (κ1) is 23.3. The van der Waals surface area contributed by atoms with Gasteiger partial charge in [0.25, 0.3) is 0 Å². The number of rotatable bonds is 6. The topological polar surface area (TPSA) is 105 Å². The molecule has 2 aliphatic heterocycles. The predicted molar refractivity (Wildman–Crippen MR) is 120 cm³/mol. The van der Waals surface area contributed by atoms with E-state index in [4.69, 9.17) is 18.9 Å². The second kappa shape index (κ2) is 9.31. The molecule has 35 heavy (non-hydrogen) atoms. The largest absolute Gasteiger partial charge is 1.00 e. The number of hydrogen-bond donors (Lipinski definition) is 1. The molecule has 4 heterocycles. The van der Waals surface area contributed by atoms with Crippen molar-refractivity contribution in [1.82, 2.24) is 20.2 Å². The number of fused-ring (bicyclic) bond motifs is 5. The van der Waals surface area contributed by atoms with Crippen molar-refractivity contribution < 1.29 is 45.6 Å². The van der Waals surface area contributed by atoms with Crippen molar-refractivity contribution in [2.75, 3.05) is 20.5 Å². The van der Waals surface area contributed by atoms with Crippen molar-refractivity contribution in [2.24, 2.45) is 0 Å². The van der Waals surface area contributed by atoms with Gasteiger partial charge in [0.1, 0.15) is 18.5 Å². The Morgan fingerprint density at radius 2 is 2.03 bits per heavy atom. The van der Waals surface area contributed by atoms with E-state index in [0.29, 0.717) is 17.3 Å². The number of nitrogens with zero attached hydrogens (tertiary/aromatic N) is 5. The van der Waals surface area contributed by atoms with E-state index in [1.165, 1.54) is 5.56 Å². The number of methoxy groups -OCH3 is 1. The molecule has 0 saturated heterocycles. The van der Waals surface area contributed by atoms with Crippen molar-refractivity contribution in [3.63, 3.8) is 0 Å². The number of halogens is 1. The van der Waals surface area contributed by atoms with Crippen molar-refractivity contribution in [3.05, 3.63) is 47.9 Å². The molecule has 0 saturated carbocycles. The summed E-state index contributed by atoms with van der Waals surface area (Å²) in [5, 5.41) is 23.8. The third kappa shape index (κ3) is 4.14. The molecular formula is C24H24BrN5O5. The minimum Gasteiger partial charge on any atom is -1.00 e. The van der Waals surface area contributed by atoms with Crippen LogP contribution in [-0.4, -0.2) is 51.9 Å². The number of tetrazole rings is 1. The molecule has 0 bridgehead atoms. The smallest absolute Gasteiger partial charge is 0.231 e. The number of hydrogen-bond acceptors (Lipinski definition) is 8. The molecule has 1 unspecified atom stereocenters. The van der Waals surface area contributed by atoms with Gasteiger partial charge in [-0.1, -0.05) is 0 Å². The summed E-state index contributed by atoms with van der Waals surface area (Å²) in [5.74, 6) is 3.42. The summed E-state index contributed by atoms with van der Waals surface area (Å²) in [5.41, 5.74) is 3.50. The van der Waals surface area contributed by atoms with Gasteiger partial charge in [-0.2, -0.15) is 4.57 Å². The molecule has 182 valence electrons. The lowest BCUT2D eigenvalue weighted by molar-refractivity contribution is -0.686. The Morgan fingerprint density at radius 1 is 1.20 bits per heavy atom. The first-order valence-electron chi connectivity index (χ1n) is 11.1. The van der Waals surface area contributed by atoms with Crippen molar-refractivity contribution in [3.8, 4) is 34.3 Å². The quantitative estimate of drug-likeness (QED) is 0.304. The highest BCUT2D eigenvalue weighted by Gasteiger charge is 2.28. The third-order valence-electron chi connectivity index (χ3n) is 6.31. The molecule has 10 nitrogen and oxygen atoms in total. The molecule has 2 aromatic carbocycles. The van der Waals surface area contributed by atoms with E-state index in [0.717, 1.165) is 46.5 Å². The van der Waals surface area contributed by atoms with E-state index >= 15 is 0 Å². The van der Waals surface area contributed by atoms with E-state index in [9.17, 15) is 5.11 Å².